The Hall–Kier alpha value is -2.19. The van der Waals surface area contributed by atoms with Crippen molar-refractivity contribution in [3.8, 4) is 0 Å². The van der Waals surface area contributed by atoms with E-state index in [0.717, 1.165) is 0 Å². The highest BCUT2D eigenvalue weighted by molar-refractivity contribution is 7.52. The maximum atomic E-state index is 9.95. The Kier molecular flexibility index (Phi) is 6.43. The van der Waals surface area contributed by atoms with Crippen molar-refractivity contribution in [2.24, 2.45) is 0 Å². The molecule has 2 aromatic rings. The van der Waals surface area contributed by atoms with Crippen LogP contribution in [0.25, 0.3) is 11.2 Å². The average molecular weight is 407 g/mol. The first-order chi connectivity index (χ1) is 12.5. The van der Waals surface area contributed by atoms with Gasteiger partial charge in [0.15, 0.2) is 17.7 Å². The van der Waals surface area contributed by atoms with Crippen molar-refractivity contribution in [1.82, 2.24) is 19.5 Å². The molecule has 150 valence electrons. The molecule has 27 heavy (non-hydrogen) atoms. The predicted molar refractivity (Wildman–Crippen MR) is 87.3 cm³/mol. The van der Waals surface area contributed by atoms with Crippen LogP contribution in [-0.2, 0) is 14.1 Å². The van der Waals surface area contributed by atoms with E-state index >= 15 is 0 Å². The molecule has 1 aliphatic rings. The van der Waals surface area contributed by atoms with E-state index in [1.807, 2.05) is 0 Å². The number of aliphatic carboxylic acids is 1. The summed E-state index contributed by atoms with van der Waals surface area (Å²) in [5.41, 5.74) is 6.44. The summed E-state index contributed by atoms with van der Waals surface area (Å²) in [6.07, 6.45) is -2.51. The topological polar surface area (TPSA) is 234 Å². The zero-order valence-corrected chi connectivity index (χ0v) is 14.5. The van der Waals surface area contributed by atoms with Gasteiger partial charge in [-0.3, -0.25) is 13.9 Å². The van der Waals surface area contributed by atoms with E-state index in [-0.39, 0.29) is 5.82 Å². The largest absolute Gasteiger partial charge is 0.481 e. The van der Waals surface area contributed by atoms with Gasteiger partial charge in [-0.15, -0.1) is 0 Å². The fourth-order valence-electron chi connectivity index (χ4n) is 2.34. The summed E-state index contributed by atoms with van der Waals surface area (Å²) in [6, 6.07) is 0. The number of nitrogens with zero attached hydrogens (tertiary/aromatic N) is 4. The second kappa shape index (κ2) is 8.22. The van der Waals surface area contributed by atoms with Crippen LogP contribution in [0.3, 0.4) is 0 Å². The number of aromatic nitrogens is 4. The summed E-state index contributed by atoms with van der Waals surface area (Å²) < 4.78 is 16.6. The molecule has 3 rings (SSSR count). The van der Waals surface area contributed by atoms with Crippen molar-refractivity contribution in [3.05, 3.63) is 12.7 Å². The summed E-state index contributed by atoms with van der Waals surface area (Å²) in [6.45, 7) is -0.390. The zero-order chi connectivity index (χ0) is 20.4. The highest BCUT2D eigenvalue weighted by Gasteiger charge is 2.43. The minimum absolute atomic E-state index is 0.218. The number of aliphatic hydroxyl groups is 3. The molecule has 8 N–H and O–H groups in total. The summed E-state index contributed by atoms with van der Waals surface area (Å²) >= 11 is 0. The van der Waals surface area contributed by atoms with E-state index in [9.17, 15) is 19.6 Å². The third kappa shape index (κ3) is 4.95. The van der Waals surface area contributed by atoms with Gasteiger partial charge in [-0.05, 0) is 0 Å². The van der Waals surface area contributed by atoms with Gasteiger partial charge in [-0.25, -0.2) is 15.0 Å². The molecule has 0 unspecified atom stereocenters. The SMILES string of the molecule is Nc1ncnc2c1ncn2[C@@H]1O[C@H](CO)[C@@H](O)[C@H]1O.O=C(O)CP(=O)(O)O. The van der Waals surface area contributed by atoms with Crippen LogP contribution >= 0.6 is 7.60 Å². The number of carboxylic acid groups (broad SMARTS) is 1. The van der Waals surface area contributed by atoms with Crippen molar-refractivity contribution >= 4 is 30.5 Å². The van der Waals surface area contributed by atoms with E-state index in [0.29, 0.717) is 11.2 Å². The van der Waals surface area contributed by atoms with Gasteiger partial charge < -0.3 is 40.7 Å². The number of nitrogens with two attached hydrogens (primary N) is 1. The lowest BCUT2D eigenvalue weighted by atomic mass is 10.1. The van der Waals surface area contributed by atoms with Crippen LogP contribution in [0.5, 0.6) is 0 Å². The van der Waals surface area contributed by atoms with Gasteiger partial charge in [0.25, 0.3) is 0 Å². The molecule has 3 heterocycles. The third-order valence-electron chi connectivity index (χ3n) is 3.52. The van der Waals surface area contributed by atoms with Gasteiger partial charge in [0, 0.05) is 0 Å². The van der Waals surface area contributed by atoms with Crippen LogP contribution in [0.2, 0.25) is 0 Å². The van der Waals surface area contributed by atoms with Crippen LogP contribution < -0.4 is 5.73 Å². The number of nitrogen functional groups attached to an aromatic ring is 1. The maximum Gasteiger partial charge on any atom is 0.336 e. The van der Waals surface area contributed by atoms with Gasteiger partial charge in [-0.2, -0.15) is 0 Å². The van der Waals surface area contributed by atoms with Crippen molar-refractivity contribution in [1.29, 1.82) is 0 Å². The van der Waals surface area contributed by atoms with E-state index in [1.165, 1.54) is 17.2 Å². The summed E-state index contributed by atoms with van der Waals surface area (Å²) in [5, 5.41) is 36.5. The molecule has 4 atom stereocenters. The molecule has 14 nitrogen and oxygen atoms in total. The molecule has 0 amide bonds. The molecule has 1 aliphatic heterocycles. The summed E-state index contributed by atoms with van der Waals surface area (Å²) in [7, 11) is -4.32. The minimum atomic E-state index is -4.32. The lowest BCUT2D eigenvalue weighted by molar-refractivity contribution is -0.134. The standard InChI is InChI=1S/C10H13N5O4.C2H5O5P/c11-8-5-9(13-2-12-8)15(3-14-5)10-7(18)6(17)4(1-16)19-10;3-2(4)1-8(5,6)7/h2-4,6-7,10,16-18H,1H2,(H2,11,12,13);1H2,(H,3,4)(H2,5,6,7)/t4-,6-,7-,10-;/m1./s1. The van der Waals surface area contributed by atoms with Crippen molar-refractivity contribution in [2.75, 3.05) is 18.5 Å². The fourth-order valence-corrected chi connectivity index (χ4v) is 2.69. The van der Waals surface area contributed by atoms with E-state index in [4.69, 9.17) is 30.5 Å². The van der Waals surface area contributed by atoms with Crippen LogP contribution in [0.1, 0.15) is 6.23 Å². The minimum Gasteiger partial charge on any atom is -0.481 e. The van der Waals surface area contributed by atoms with Crippen LogP contribution in [0, 0.1) is 0 Å². The number of ether oxygens (including phenoxy) is 1. The number of anilines is 1. The Morgan fingerprint density at radius 2 is 1.93 bits per heavy atom. The molecule has 2 aromatic heterocycles. The van der Waals surface area contributed by atoms with Crippen LogP contribution in [0.4, 0.5) is 5.82 Å². The maximum absolute atomic E-state index is 9.95. The number of hydrogen-bond donors (Lipinski definition) is 7. The molecule has 15 heteroatoms. The summed E-state index contributed by atoms with van der Waals surface area (Å²) in [4.78, 5) is 37.3. The second-order valence-corrected chi connectivity index (χ2v) is 7.17. The zero-order valence-electron chi connectivity index (χ0n) is 13.6. The molecular formula is C12H18N5O9P. The van der Waals surface area contributed by atoms with Crippen LogP contribution in [-0.4, -0.2) is 86.8 Å². The molecule has 1 fully saturated rings. The molecule has 0 saturated carbocycles. The smallest absolute Gasteiger partial charge is 0.336 e. The first-order valence-electron chi connectivity index (χ1n) is 7.37. The monoisotopic (exact) mass is 407 g/mol. The van der Waals surface area contributed by atoms with Gasteiger partial charge >= 0.3 is 13.6 Å². The average Bonchev–Trinajstić information content (AvgIpc) is 3.09. The first kappa shape index (κ1) is 21.1. The lowest BCUT2D eigenvalue weighted by Gasteiger charge is -2.16. The van der Waals surface area contributed by atoms with Crippen molar-refractivity contribution < 1.29 is 44.3 Å². The molecule has 0 aromatic carbocycles. The number of hydrogen-bond acceptors (Lipinski definition) is 10. The Labute approximate surface area is 151 Å². The van der Waals surface area contributed by atoms with E-state index in [1.54, 1.807) is 0 Å². The van der Waals surface area contributed by atoms with Gasteiger partial charge in [-0.1, -0.05) is 0 Å². The highest BCUT2D eigenvalue weighted by atomic mass is 31.2. The predicted octanol–water partition coefficient (Wildman–Crippen LogP) is -2.73. The van der Waals surface area contributed by atoms with Crippen molar-refractivity contribution in [2.45, 2.75) is 24.5 Å². The molecule has 0 radical (unpaired) electrons. The van der Waals surface area contributed by atoms with Crippen molar-refractivity contribution in [3.63, 3.8) is 0 Å². The molecule has 1 saturated heterocycles. The van der Waals surface area contributed by atoms with Crippen LogP contribution in [0.15, 0.2) is 12.7 Å². The molecule has 0 spiro atoms. The Bertz CT molecular complexity index is 855. The highest BCUT2D eigenvalue weighted by Crippen LogP contribution is 2.33. The van der Waals surface area contributed by atoms with Gasteiger partial charge in [0.2, 0.25) is 0 Å². The second-order valence-electron chi connectivity index (χ2n) is 5.53. The quantitative estimate of drug-likeness (QED) is 0.255. The summed E-state index contributed by atoms with van der Waals surface area (Å²) in [5.74, 6) is -1.27. The number of carbonyl (C=O) groups is 1. The molecule has 0 aliphatic carbocycles. The molecule has 0 bridgehead atoms. The van der Waals surface area contributed by atoms with Gasteiger partial charge in [0.05, 0.1) is 12.9 Å². The lowest BCUT2D eigenvalue weighted by Crippen LogP contribution is -2.33. The van der Waals surface area contributed by atoms with E-state index in [2.05, 4.69) is 15.0 Å². The number of carboxylic acids is 1. The number of fused-ring (bicyclic) bond motifs is 1. The Morgan fingerprint density at radius 1 is 1.26 bits per heavy atom. The number of imidazole rings is 1. The van der Waals surface area contributed by atoms with E-state index < -0.39 is 50.9 Å². The fraction of sp³-hybridized carbons (Fsp3) is 0.500. The number of rotatable bonds is 4. The third-order valence-corrected chi connectivity index (χ3v) is 4.20. The Balaban J connectivity index is 0.000000279. The Morgan fingerprint density at radius 3 is 2.41 bits per heavy atom. The first-order valence-corrected chi connectivity index (χ1v) is 9.16. The normalized spacial score (nSPS) is 25.2. The molecular weight excluding hydrogens is 389 g/mol. The number of aliphatic hydroxyl groups excluding tert-OH is 3. The van der Waals surface area contributed by atoms with Gasteiger partial charge in [0.1, 0.15) is 36.3 Å².